The summed E-state index contributed by atoms with van der Waals surface area (Å²) in [5, 5.41) is 11.8. The Hall–Kier alpha value is -0.630. The minimum Gasteiger partial charge on any atom is -0.376 e. The predicted molar refractivity (Wildman–Crippen MR) is 54.9 cm³/mol. The van der Waals surface area contributed by atoms with Gasteiger partial charge in [-0.3, -0.25) is 0 Å². The lowest BCUT2D eigenvalue weighted by Gasteiger charge is -2.13. The van der Waals surface area contributed by atoms with E-state index >= 15 is 0 Å². The molecule has 80 valence electrons. The van der Waals surface area contributed by atoms with E-state index in [1.54, 1.807) is 0 Å². The Morgan fingerprint density at radius 2 is 2.36 bits per heavy atom. The summed E-state index contributed by atoms with van der Waals surface area (Å²) in [6.07, 6.45) is 1.86. The van der Waals surface area contributed by atoms with Gasteiger partial charge in [-0.1, -0.05) is 0 Å². The first-order chi connectivity index (χ1) is 6.72. The normalized spacial score (nSPS) is 26.7. The van der Waals surface area contributed by atoms with E-state index < -0.39 is 0 Å². The minimum atomic E-state index is 0.299. The second-order valence-electron chi connectivity index (χ2n) is 4.00. The van der Waals surface area contributed by atoms with Crippen molar-refractivity contribution in [1.29, 1.82) is 5.26 Å². The number of nitrogens with one attached hydrogen (secondary N) is 1. The molecule has 0 aromatic heterocycles. The van der Waals surface area contributed by atoms with Crippen LogP contribution in [0, 0.1) is 11.3 Å². The van der Waals surface area contributed by atoms with Gasteiger partial charge in [-0.05, 0) is 20.5 Å². The summed E-state index contributed by atoms with van der Waals surface area (Å²) in [5.74, 6) is 0. The molecule has 1 rings (SSSR count). The molecule has 2 atom stereocenters. The van der Waals surface area contributed by atoms with Crippen LogP contribution in [0.4, 0.5) is 0 Å². The van der Waals surface area contributed by atoms with Crippen LogP contribution in [0.25, 0.3) is 0 Å². The van der Waals surface area contributed by atoms with Crippen molar-refractivity contribution >= 4 is 0 Å². The van der Waals surface area contributed by atoms with Crippen molar-refractivity contribution in [2.75, 3.05) is 33.8 Å². The summed E-state index contributed by atoms with van der Waals surface area (Å²) in [5.41, 5.74) is 0. The molecule has 1 saturated heterocycles. The molecule has 14 heavy (non-hydrogen) atoms. The summed E-state index contributed by atoms with van der Waals surface area (Å²) >= 11 is 0. The van der Waals surface area contributed by atoms with Gasteiger partial charge in [0.05, 0.1) is 25.2 Å². The molecule has 0 spiro atoms. The molecule has 1 heterocycles. The Morgan fingerprint density at radius 1 is 1.57 bits per heavy atom. The van der Waals surface area contributed by atoms with Crippen LogP contribution < -0.4 is 5.32 Å². The quantitative estimate of drug-likeness (QED) is 0.684. The van der Waals surface area contributed by atoms with Crippen molar-refractivity contribution in [3.63, 3.8) is 0 Å². The highest BCUT2D eigenvalue weighted by Gasteiger charge is 2.23. The number of hydrogen-bond acceptors (Lipinski definition) is 4. The summed E-state index contributed by atoms with van der Waals surface area (Å²) in [6.45, 7) is 2.62. The van der Waals surface area contributed by atoms with Crippen LogP contribution >= 0.6 is 0 Å². The fourth-order valence-electron chi connectivity index (χ4n) is 1.58. The van der Waals surface area contributed by atoms with Crippen molar-refractivity contribution in [2.45, 2.75) is 25.0 Å². The molecule has 1 fully saturated rings. The number of likely N-dealkylation sites (N-methyl/N-ethyl adjacent to an activating group) is 1. The molecular formula is C10H19N3O. The number of ether oxygens (including phenoxy) is 1. The van der Waals surface area contributed by atoms with Gasteiger partial charge in [0.15, 0.2) is 0 Å². The molecule has 0 aliphatic carbocycles. The topological polar surface area (TPSA) is 48.3 Å². The van der Waals surface area contributed by atoms with Crippen LogP contribution in [0.3, 0.4) is 0 Å². The second kappa shape index (κ2) is 5.97. The van der Waals surface area contributed by atoms with E-state index in [-0.39, 0.29) is 0 Å². The van der Waals surface area contributed by atoms with Gasteiger partial charge in [0.1, 0.15) is 0 Å². The van der Waals surface area contributed by atoms with E-state index in [4.69, 9.17) is 10.00 Å². The SMILES string of the molecule is CN(C)CCO[C@H]1CN[C@@H](CC#N)C1. The minimum absolute atomic E-state index is 0.299. The molecule has 0 radical (unpaired) electrons. The van der Waals surface area contributed by atoms with Crippen LogP contribution in [0.15, 0.2) is 0 Å². The summed E-state index contributed by atoms with van der Waals surface area (Å²) in [7, 11) is 4.07. The van der Waals surface area contributed by atoms with E-state index in [9.17, 15) is 0 Å². The summed E-state index contributed by atoms with van der Waals surface area (Å²) in [6, 6.07) is 2.52. The van der Waals surface area contributed by atoms with Crippen molar-refractivity contribution in [3.8, 4) is 6.07 Å². The Labute approximate surface area is 85.8 Å². The van der Waals surface area contributed by atoms with Gasteiger partial charge in [0, 0.05) is 19.1 Å². The van der Waals surface area contributed by atoms with Gasteiger partial charge in [0.2, 0.25) is 0 Å². The maximum atomic E-state index is 8.52. The Bertz CT molecular complexity index is 200. The zero-order chi connectivity index (χ0) is 10.4. The molecule has 0 unspecified atom stereocenters. The first kappa shape index (κ1) is 11.4. The average Bonchev–Trinajstić information content (AvgIpc) is 2.53. The zero-order valence-corrected chi connectivity index (χ0v) is 8.99. The molecular weight excluding hydrogens is 178 g/mol. The third-order valence-corrected chi connectivity index (χ3v) is 2.41. The highest BCUT2D eigenvalue weighted by molar-refractivity contribution is 4.88. The van der Waals surface area contributed by atoms with Crippen LogP contribution in [0.5, 0.6) is 0 Å². The summed E-state index contributed by atoms with van der Waals surface area (Å²) in [4.78, 5) is 2.11. The Morgan fingerprint density at radius 3 is 3.00 bits per heavy atom. The number of nitriles is 1. The maximum Gasteiger partial charge on any atom is 0.0715 e. The van der Waals surface area contributed by atoms with Crippen molar-refractivity contribution in [2.24, 2.45) is 0 Å². The summed E-state index contributed by atoms with van der Waals surface area (Å²) < 4.78 is 5.68. The maximum absolute atomic E-state index is 8.52. The Kier molecular flexibility index (Phi) is 4.88. The molecule has 0 amide bonds. The van der Waals surface area contributed by atoms with E-state index in [0.29, 0.717) is 18.6 Å². The Balaban J connectivity index is 2.08. The number of nitrogens with zero attached hydrogens (tertiary/aromatic N) is 2. The van der Waals surface area contributed by atoms with E-state index in [0.717, 1.165) is 26.1 Å². The molecule has 4 heteroatoms. The van der Waals surface area contributed by atoms with Gasteiger partial charge in [-0.25, -0.2) is 0 Å². The molecule has 4 nitrogen and oxygen atoms in total. The van der Waals surface area contributed by atoms with Gasteiger partial charge < -0.3 is 15.0 Å². The molecule has 1 aliphatic rings. The lowest BCUT2D eigenvalue weighted by atomic mass is 10.1. The van der Waals surface area contributed by atoms with Gasteiger partial charge >= 0.3 is 0 Å². The molecule has 0 bridgehead atoms. The first-order valence-electron chi connectivity index (χ1n) is 5.09. The number of rotatable bonds is 5. The highest BCUT2D eigenvalue weighted by Crippen LogP contribution is 2.12. The van der Waals surface area contributed by atoms with Crippen molar-refractivity contribution < 1.29 is 4.74 Å². The van der Waals surface area contributed by atoms with Gasteiger partial charge in [0.25, 0.3) is 0 Å². The fourth-order valence-corrected chi connectivity index (χ4v) is 1.58. The molecule has 1 N–H and O–H groups in total. The smallest absolute Gasteiger partial charge is 0.0715 e. The molecule has 0 saturated carbocycles. The fraction of sp³-hybridized carbons (Fsp3) is 0.900. The zero-order valence-electron chi connectivity index (χ0n) is 8.99. The lowest BCUT2D eigenvalue weighted by molar-refractivity contribution is 0.0556. The molecule has 0 aromatic carbocycles. The van der Waals surface area contributed by atoms with Crippen molar-refractivity contribution in [3.05, 3.63) is 0 Å². The van der Waals surface area contributed by atoms with E-state index in [1.807, 2.05) is 14.1 Å². The van der Waals surface area contributed by atoms with Crippen LogP contribution in [-0.2, 0) is 4.74 Å². The number of hydrogen-bond donors (Lipinski definition) is 1. The average molecular weight is 197 g/mol. The van der Waals surface area contributed by atoms with Crippen LogP contribution in [-0.4, -0.2) is 50.8 Å². The third-order valence-electron chi connectivity index (χ3n) is 2.41. The van der Waals surface area contributed by atoms with Gasteiger partial charge in [-0.15, -0.1) is 0 Å². The molecule has 0 aromatic rings. The van der Waals surface area contributed by atoms with Crippen LogP contribution in [0.1, 0.15) is 12.8 Å². The third kappa shape index (κ3) is 4.05. The van der Waals surface area contributed by atoms with Crippen molar-refractivity contribution in [1.82, 2.24) is 10.2 Å². The lowest BCUT2D eigenvalue weighted by Crippen LogP contribution is -2.24. The second-order valence-corrected chi connectivity index (χ2v) is 4.00. The van der Waals surface area contributed by atoms with Crippen LogP contribution in [0.2, 0.25) is 0 Å². The first-order valence-corrected chi connectivity index (χ1v) is 5.09. The molecule has 1 aliphatic heterocycles. The highest BCUT2D eigenvalue weighted by atomic mass is 16.5. The van der Waals surface area contributed by atoms with E-state index in [1.165, 1.54) is 0 Å². The van der Waals surface area contributed by atoms with E-state index in [2.05, 4.69) is 16.3 Å². The predicted octanol–water partition coefficient (Wildman–Crippen LogP) is 0.209. The largest absolute Gasteiger partial charge is 0.376 e. The van der Waals surface area contributed by atoms with Gasteiger partial charge in [-0.2, -0.15) is 5.26 Å². The monoisotopic (exact) mass is 197 g/mol. The standard InChI is InChI=1S/C10H19N3O/c1-13(2)5-6-14-10-7-9(3-4-11)12-8-10/h9-10,12H,3,5-8H2,1-2H3/t9-,10+/m0/s1.